The van der Waals surface area contributed by atoms with Gasteiger partial charge in [0.05, 0.1) is 0 Å². The Kier molecular flexibility index (Phi) is 9.48. The molecule has 1 N–H and O–H groups in total. The van der Waals surface area contributed by atoms with Crippen molar-refractivity contribution >= 4 is 23.2 Å². The topological polar surface area (TPSA) is 56.8 Å². The second-order valence-electron chi connectivity index (χ2n) is 8.14. The van der Waals surface area contributed by atoms with Crippen molar-refractivity contribution in [2.75, 3.05) is 11.9 Å². The van der Waals surface area contributed by atoms with E-state index in [1.807, 2.05) is 10.1 Å². The number of rotatable bonds is 11. The fourth-order valence-electron chi connectivity index (χ4n) is 2.96. The van der Waals surface area contributed by atoms with E-state index in [0.29, 0.717) is 22.2 Å². The van der Waals surface area contributed by atoms with E-state index in [0.717, 1.165) is 6.07 Å². The molecule has 0 aromatic heterocycles. The number of hydrogen-bond donors (Lipinski definition) is 1. The van der Waals surface area contributed by atoms with E-state index in [4.69, 9.17) is 16.3 Å². The third-order valence-electron chi connectivity index (χ3n) is 4.89. The Bertz CT molecular complexity index is 1250. The van der Waals surface area contributed by atoms with Crippen molar-refractivity contribution in [2.24, 2.45) is 0 Å². The lowest BCUT2D eigenvalue weighted by atomic mass is 10.1. The van der Waals surface area contributed by atoms with E-state index < -0.39 is 60.3 Å². The van der Waals surface area contributed by atoms with Crippen LogP contribution in [0.2, 0.25) is 5.02 Å². The molecule has 0 heterocycles. The highest BCUT2D eigenvalue weighted by Gasteiger charge is 2.80. The zero-order chi connectivity index (χ0) is 31.8. The van der Waals surface area contributed by atoms with Crippen molar-refractivity contribution in [1.82, 2.24) is 0 Å². The van der Waals surface area contributed by atoms with Crippen LogP contribution in [0.4, 0.5) is 62.8 Å². The van der Waals surface area contributed by atoms with E-state index in [-0.39, 0.29) is 17.9 Å². The van der Waals surface area contributed by atoms with Gasteiger partial charge in [-0.3, -0.25) is 4.79 Å². The normalized spacial score (nSPS) is 13.8. The molecule has 19 heteroatoms. The molecule has 0 aliphatic carbocycles. The predicted molar refractivity (Wildman–Crippen MR) is 113 cm³/mol. The van der Waals surface area contributed by atoms with Crippen molar-refractivity contribution in [3.8, 4) is 5.75 Å². The Balaban J connectivity index is 2.22. The van der Waals surface area contributed by atoms with Gasteiger partial charge in [-0.2, -0.15) is 43.9 Å². The molecule has 2 aromatic carbocycles. The molecular formula is C22H15ClF13NO4. The van der Waals surface area contributed by atoms with Crippen LogP contribution in [0.5, 0.6) is 5.75 Å². The number of carbonyl (C=O) groups is 1. The SMILES string of the molecule is Cc1cc(OCC(=O)Nc2cccc(C(F)(F)C(F)(F)OC(F)(F)C(F)(F)C(F)(F)OC(F)(F)F)c2)cc(C)c1Cl. The Hall–Kier alpha value is -2.99. The maximum Gasteiger partial charge on any atom is 0.527 e. The summed E-state index contributed by atoms with van der Waals surface area (Å²) in [5, 5.41) is 2.34. The molecule has 5 nitrogen and oxygen atoms in total. The first kappa shape index (κ1) is 34.2. The third kappa shape index (κ3) is 7.65. The smallest absolute Gasteiger partial charge is 0.484 e. The van der Waals surface area contributed by atoms with Crippen LogP contribution in [-0.4, -0.2) is 43.1 Å². The Morgan fingerprint density at radius 2 is 1.29 bits per heavy atom. The van der Waals surface area contributed by atoms with Gasteiger partial charge in [0.15, 0.2) is 6.61 Å². The first-order chi connectivity index (χ1) is 18.3. The summed E-state index contributed by atoms with van der Waals surface area (Å²) in [7, 11) is 0. The molecule has 2 aromatic rings. The number of carbonyl (C=O) groups excluding carboxylic acids is 1. The van der Waals surface area contributed by atoms with Crippen molar-refractivity contribution in [3.05, 3.63) is 58.1 Å². The molecule has 0 saturated carbocycles. The summed E-state index contributed by atoms with van der Waals surface area (Å²) in [6.45, 7) is 2.47. The van der Waals surface area contributed by atoms with Crippen LogP contribution in [0.1, 0.15) is 16.7 Å². The number of ether oxygens (including phenoxy) is 3. The molecule has 0 saturated heterocycles. The summed E-state index contributed by atoms with van der Waals surface area (Å²) >= 11 is 5.99. The average molecular weight is 640 g/mol. The molecular weight excluding hydrogens is 625 g/mol. The molecule has 0 spiro atoms. The van der Waals surface area contributed by atoms with Gasteiger partial charge in [-0.25, -0.2) is 9.47 Å². The highest BCUT2D eigenvalue weighted by Crippen LogP contribution is 2.54. The first-order valence-electron chi connectivity index (χ1n) is 10.5. The molecule has 230 valence electrons. The van der Waals surface area contributed by atoms with Crippen molar-refractivity contribution in [1.29, 1.82) is 0 Å². The molecule has 0 atom stereocenters. The average Bonchev–Trinajstić information content (AvgIpc) is 2.78. The van der Waals surface area contributed by atoms with Gasteiger partial charge < -0.3 is 10.1 Å². The lowest BCUT2D eigenvalue weighted by Crippen LogP contribution is -2.61. The lowest BCUT2D eigenvalue weighted by molar-refractivity contribution is -0.535. The zero-order valence-electron chi connectivity index (χ0n) is 20.1. The number of benzene rings is 2. The van der Waals surface area contributed by atoms with Gasteiger partial charge in [0.2, 0.25) is 0 Å². The number of halogens is 14. The van der Waals surface area contributed by atoms with Crippen LogP contribution >= 0.6 is 11.6 Å². The minimum Gasteiger partial charge on any atom is -0.484 e. The number of nitrogens with one attached hydrogen (secondary N) is 1. The van der Waals surface area contributed by atoms with Gasteiger partial charge >= 0.3 is 36.5 Å². The van der Waals surface area contributed by atoms with E-state index in [2.05, 4.69) is 0 Å². The second-order valence-corrected chi connectivity index (χ2v) is 8.52. The van der Waals surface area contributed by atoms with E-state index in [1.54, 1.807) is 18.6 Å². The molecule has 2 rings (SSSR count). The van der Waals surface area contributed by atoms with Gasteiger partial charge in [-0.05, 0) is 49.2 Å². The van der Waals surface area contributed by atoms with Crippen LogP contribution in [0, 0.1) is 13.8 Å². The zero-order valence-corrected chi connectivity index (χ0v) is 20.9. The molecule has 1 amide bonds. The minimum atomic E-state index is -7.54. The summed E-state index contributed by atoms with van der Waals surface area (Å²) < 4.78 is 181. The number of anilines is 1. The van der Waals surface area contributed by atoms with Gasteiger partial charge in [0.1, 0.15) is 5.75 Å². The number of aryl methyl sites for hydroxylation is 2. The summed E-state index contributed by atoms with van der Waals surface area (Å²) in [6.07, 6.45) is -28.0. The number of amides is 1. The summed E-state index contributed by atoms with van der Waals surface area (Å²) in [4.78, 5) is 12.1. The van der Waals surface area contributed by atoms with Crippen LogP contribution in [-0.2, 0) is 20.2 Å². The minimum absolute atomic E-state index is 0.0589. The Morgan fingerprint density at radius 3 is 1.80 bits per heavy atom. The predicted octanol–water partition coefficient (Wildman–Crippen LogP) is 8.03. The quantitative estimate of drug-likeness (QED) is 0.253. The molecule has 0 radical (unpaired) electrons. The fraction of sp³-hybridized carbons (Fsp3) is 0.409. The summed E-state index contributed by atoms with van der Waals surface area (Å²) in [5.74, 6) is -14.5. The fourth-order valence-corrected chi connectivity index (χ4v) is 3.07. The van der Waals surface area contributed by atoms with Gasteiger partial charge in [-0.15, -0.1) is 13.2 Å². The second kappa shape index (κ2) is 11.4. The molecule has 0 fully saturated rings. The molecule has 0 aliphatic heterocycles. The first-order valence-corrected chi connectivity index (χ1v) is 10.9. The van der Waals surface area contributed by atoms with Gasteiger partial charge in [-0.1, -0.05) is 23.7 Å². The third-order valence-corrected chi connectivity index (χ3v) is 5.48. The maximum absolute atomic E-state index is 14.4. The van der Waals surface area contributed by atoms with Crippen LogP contribution < -0.4 is 10.1 Å². The van der Waals surface area contributed by atoms with Crippen molar-refractivity contribution < 1.29 is 76.1 Å². The molecule has 0 bridgehead atoms. The van der Waals surface area contributed by atoms with E-state index in [1.165, 1.54) is 12.1 Å². The monoisotopic (exact) mass is 639 g/mol. The van der Waals surface area contributed by atoms with E-state index >= 15 is 0 Å². The van der Waals surface area contributed by atoms with E-state index in [9.17, 15) is 61.9 Å². The highest BCUT2D eigenvalue weighted by molar-refractivity contribution is 6.32. The molecule has 0 aliphatic rings. The number of hydrogen-bond acceptors (Lipinski definition) is 4. The van der Waals surface area contributed by atoms with Gasteiger partial charge in [0.25, 0.3) is 5.91 Å². The largest absolute Gasteiger partial charge is 0.527 e. The summed E-state index contributed by atoms with van der Waals surface area (Å²) in [5.41, 5.74) is -1.51. The van der Waals surface area contributed by atoms with Crippen LogP contribution in [0.25, 0.3) is 0 Å². The standard InChI is InChI=1S/C22H15ClF13NO4/c1-10-6-14(7-11(2)16(10)23)39-9-15(38)37-13-5-3-4-12(8-13)17(24,25)19(28,29)40-20(30,31)18(26,27)21(32,33)41-22(34,35)36/h3-8H,9H2,1-2H3,(H,37,38). The summed E-state index contributed by atoms with van der Waals surface area (Å²) in [6, 6.07) is 4.47. The lowest BCUT2D eigenvalue weighted by Gasteiger charge is -2.35. The van der Waals surface area contributed by atoms with Crippen molar-refractivity contribution in [2.45, 2.75) is 50.4 Å². The maximum atomic E-state index is 14.4. The highest BCUT2D eigenvalue weighted by atomic mass is 35.5. The molecule has 0 unspecified atom stereocenters. The van der Waals surface area contributed by atoms with Crippen LogP contribution in [0.15, 0.2) is 36.4 Å². The van der Waals surface area contributed by atoms with Crippen molar-refractivity contribution in [3.63, 3.8) is 0 Å². The Morgan fingerprint density at radius 1 is 0.780 bits per heavy atom. The number of alkyl halides is 13. The molecule has 41 heavy (non-hydrogen) atoms. The van der Waals surface area contributed by atoms with Gasteiger partial charge in [0, 0.05) is 16.3 Å². The Labute approximate surface area is 226 Å². The van der Waals surface area contributed by atoms with Crippen LogP contribution in [0.3, 0.4) is 0 Å².